The van der Waals surface area contributed by atoms with Gasteiger partial charge in [-0.1, -0.05) is 6.92 Å². The third-order valence-electron chi connectivity index (χ3n) is 2.39. The number of furan rings is 1. The molecule has 3 N–H and O–H groups in total. The summed E-state index contributed by atoms with van der Waals surface area (Å²) in [5, 5.41) is 0. The summed E-state index contributed by atoms with van der Waals surface area (Å²) in [7, 11) is 0. The van der Waals surface area contributed by atoms with E-state index in [-0.39, 0.29) is 6.04 Å². The van der Waals surface area contributed by atoms with E-state index in [0.717, 1.165) is 21.5 Å². The molecule has 0 saturated heterocycles. The highest BCUT2D eigenvalue weighted by atomic mass is 79.9. The lowest BCUT2D eigenvalue weighted by Gasteiger charge is -2.11. The number of hydrogen-bond acceptors (Lipinski definition) is 4. The highest BCUT2D eigenvalue weighted by molar-refractivity contribution is 9.10. The first-order chi connectivity index (χ1) is 7.76. The summed E-state index contributed by atoms with van der Waals surface area (Å²) in [6, 6.07) is 5.99. The molecule has 0 radical (unpaired) electrons. The first kappa shape index (κ1) is 11.9. The molecule has 0 aliphatic rings. The molecule has 86 valence electrons. The summed E-state index contributed by atoms with van der Waals surface area (Å²) in [5.74, 6) is 6.40. The maximum atomic E-state index is 5.59. The molecule has 0 amide bonds. The van der Waals surface area contributed by atoms with Crippen LogP contribution >= 0.6 is 27.3 Å². The lowest BCUT2D eigenvalue weighted by atomic mass is 10.2. The van der Waals surface area contributed by atoms with Crippen molar-refractivity contribution in [2.75, 3.05) is 0 Å². The number of aryl methyl sites for hydroxylation is 1. The topological polar surface area (TPSA) is 51.2 Å². The smallest absolute Gasteiger partial charge is 0.141 e. The van der Waals surface area contributed by atoms with Gasteiger partial charge in [-0.25, -0.2) is 5.43 Å². The molecule has 5 heteroatoms. The van der Waals surface area contributed by atoms with Gasteiger partial charge in [0, 0.05) is 9.75 Å². The minimum atomic E-state index is -0.0883. The zero-order chi connectivity index (χ0) is 11.5. The molecule has 0 saturated carbocycles. The second-order valence-electron chi connectivity index (χ2n) is 3.39. The van der Waals surface area contributed by atoms with Gasteiger partial charge in [-0.05, 0) is 40.5 Å². The summed E-state index contributed by atoms with van der Waals surface area (Å²) >= 11 is 5.19. The maximum Gasteiger partial charge on any atom is 0.141 e. The molecule has 0 fully saturated rings. The molecule has 0 spiro atoms. The van der Waals surface area contributed by atoms with Crippen LogP contribution < -0.4 is 11.3 Å². The zero-order valence-electron chi connectivity index (χ0n) is 8.87. The number of rotatable bonds is 4. The largest absolute Gasteiger partial charge is 0.466 e. The van der Waals surface area contributed by atoms with Crippen LogP contribution in [-0.2, 0) is 6.42 Å². The van der Waals surface area contributed by atoms with Crippen LogP contribution in [0.2, 0.25) is 0 Å². The van der Waals surface area contributed by atoms with Crippen molar-refractivity contribution in [3.05, 3.63) is 44.4 Å². The van der Waals surface area contributed by atoms with Crippen molar-refractivity contribution in [2.45, 2.75) is 19.4 Å². The van der Waals surface area contributed by atoms with E-state index in [4.69, 9.17) is 10.3 Å². The van der Waals surface area contributed by atoms with Crippen LogP contribution in [0, 0.1) is 0 Å². The zero-order valence-corrected chi connectivity index (χ0v) is 11.3. The number of halogens is 1. The average Bonchev–Trinajstić information content (AvgIpc) is 2.90. The Morgan fingerprint density at radius 1 is 1.50 bits per heavy atom. The van der Waals surface area contributed by atoms with Crippen molar-refractivity contribution in [3.8, 4) is 0 Å². The predicted molar refractivity (Wildman–Crippen MR) is 69.3 cm³/mol. The monoisotopic (exact) mass is 300 g/mol. The molecule has 1 unspecified atom stereocenters. The third-order valence-corrected chi connectivity index (χ3v) is 4.34. The maximum absolute atomic E-state index is 5.59. The molecule has 2 aromatic heterocycles. The van der Waals surface area contributed by atoms with Crippen molar-refractivity contribution >= 4 is 27.3 Å². The summed E-state index contributed by atoms with van der Waals surface area (Å²) in [5.41, 5.74) is 2.79. The molecule has 0 aliphatic carbocycles. The van der Waals surface area contributed by atoms with E-state index in [9.17, 15) is 0 Å². The van der Waals surface area contributed by atoms with E-state index in [2.05, 4.69) is 40.4 Å². The van der Waals surface area contributed by atoms with E-state index in [1.165, 1.54) is 4.88 Å². The van der Waals surface area contributed by atoms with E-state index in [1.54, 1.807) is 17.6 Å². The van der Waals surface area contributed by atoms with Crippen LogP contribution in [-0.4, -0.2) is 0 Å². The number of hydrogen-bond donors (Lipinski definition) is 2. The Labute approximate surface area is 107 Å². The Kier molecular flexibility index (Phi) is 3.81. The third kappa shape index (κ3) is 2.22. The van der Waals surface area contributed by atoms with Gasteiger partial charge < -0.3 is 4.42 Å². The fourth-order valence-corrected chi connectivity index (χ4v) is 2.98. The molecule has 0 bridgehead atoms. The van der Waals surface area contributed by atoms with Crippen molar-refractivity contribution in [1.29, 1.82) is 0 Å². The first-order valence-corrected chi connectivity index (χ1v) is 6.64. The fourth-order valence-electron chi connectivity index (χ4n) is 1.54. The molecular weight excluding hydrogens is 288 g/mol. The molecule has 3 nitrogen and oxygen atoms in total. The predicted octanol–water partition coefficient (Wildman–Crippen LogP) is 3.22. The summed E-state index contributed by atoms with van der Waals surface area (Å²) < 4.78 is 6.36. The van der Waals surface area contributed by atoms with Gasteiger partial charge in [-0.15, -0.1) is 11.3 Å². The minimum absolute atomic E-state index is 0.0883. The first-order valence-electron chi connectivity index (χ1n) is 5.04. The molecule has 1 atom stereocenters. The van der Waals surface area contributed by atoms with Crippen LogP contribution in [0.5, 0.6) is 0 Å². The number of thiophene rings is 1. The Morgan fingerprint density at radius 2 is 2.31 bits per heavy atom. The van der Waals surface area contributed by atoms with Crippen LogP contribution in [0.15, 0.2) is 33.4 Å². The lowest BCUT2D eigenvalue weighted by Crippen LogP contribution is -2.28. The highest BCUT2D eigenvalue weighted by Gasteiger charge is 2.20. The summed E-state index contributed by atoms with van der Waals surface area (Å²) in [4.78, 5) is 2.51. The van der Waals surface area contributed by atoms with Crippen LogP contribution in [0.25, 0.3) is 0 Å². The van der Waals surface area contributed by atoms with Crippen molar-refractivity contribution < 1.29 is 4.42 Å². The van der Waals surface area contributed by atoms with E-state index in [0.29, 0.717) is 0 Å². The van der Waals surface area contributed by atoms with E-state index in [1.807, 2.05) is 6.07 Å². The molecule has 0 aromatic carbocycles. The number of nitrogens with one attached hydrogen (secondary N) is 1. The minimum Gasteiger partial charge on any atom is -0.466 e. The number of hydrazine groups is 1. The molecule has 16 heavy (non-hydrogen) atoms. The van der Waals surface area contributed by atoms with Gasteiger partial charge in [-0.2, -0.15) is 0 Å². The quantitative estimate of drug-likeness (QED) is 0.673. The van der Waals surface area contributed by atoms with Crippen molar-refractivity contribution in [3.63, 3.8) is 0 Å². The Morgan fingerprint density at radius 3 is 2.81 bits per heavy atom. The Bertz CT molecular complexity index is 466. The van der Waals surface area contributed by atoms with Crippen LogP contribution in [0.4, 0.5) is 0 Å². The van der Waals surface area contributed by atoms with Gasteiger partial charge in [0.1, 0.15) is 11.8 Å². The summed E-state index contributed by atoms with van der Waals surface area (Å²) in [6.07, 6.45) is 2.69. The number of nitrogens with two attached hydrogens (primary N) is 1. The van der Waals surface area contributed by atoms with Crippen molar-refractivity contribution in [1.82, 2.24) is 5.43 Å². The average molecular weight is 301 g/mol. The summed E-state index contributed by atoms with van der Waals surface area (Å²) in [6.45, 7) is 2.14. The Hall–Kier alpha value is -0.620. The highest BCUT2D eigenvalue weighted by Crippen LogP contribution is 2.32. The standard InChI is InChI=1S/C11H13BrN2OS/c1-2-7-3-4-9(16-7)10(14-13)11-8(12)5-6-15-11/h3-6,10,14H,2,13H2,1H3. The lowest BCUT2D eigenvalue weighted by molar-refractivity contribution is 0.453. The van der Waals surface area contributed by atoms with Gasteiger partial charge in [-0.3, -0.25) is 5.84 Å². The van der Waals surface area contributed by atoms with E-state index < -0.39 is 0 Å². The van der Waals surface area contributed by atoms with Gasteiger partial charge >= 0.3 is 0 Å². The van der Waals surface area contributed by atoms with E-state index >= 15 is 0 Å². The second-order valence-corrected chi connectivity index (χ2v) is 5.44. The molecule has 2 heterocycles. The SMILES string of the molecule is CCc1ccc(C(NN)c2occc2Br)s1. The molecular formula is C11H13BrN2OS. The fraction of sp³-hybridized carbons (Fsp3) is 0.273. The Balaban J connectivity index is 2.32. The molecule has 2 rings (SSSR count). The van der Waals surface area contributed by atoms with Crippen LogP contribution in [0.3, 0.4) is 0 Å². The van der Waals surface area contributed by atoms with Crippen LogP contribution in [0.1, 0.15) is 28.5 Å². The van der Waals surface area contributed by atoms with Gasteiger partial charge in [0.2, 0.25) is 0 Å². The van der Waals surface area contributed by atoms with Crippen molar-refractivity contribution in [2.24, 2.45) is 5.84 Å². The molecule has 0 aliphatic heterocycles. The normalized spacial score (nSPS) is 12.9. The molecule has 2 aromatic rings. The van der Waals surface area contributed by atoms with Gasteiger partial charge in [0.15, 0.2) is 0 Å². The van der Waals surface area contributed by atoms with Gasteiger partial charge in [0.05, 0.1) is 10.7 Å². The van der Waals surface area contributed by atoms with Gasteiger partial charge in [0.25, 0.3) is 0 Å². The second kappa shape index (κ2) is 5.14.